The number of ether oxygens (including phenoxy) is 2. The van der Waals surface area contributed by atoms with Crippen LogP contribution in [0.1, 0.15) is 26.7 Å². The fourth-order valence-electron chi connectivity index (χ4n) is 0.717. The first-order valence-corrected chi connectivity index (χ1v) is 4.19. The maximum absolute atomic E-state index is 8.46. The Bertz CT molecular complexity index is 67.7. The molecule has 0 bridgehead atoms. The predicted molar refractivity (Wildman–Crippen MR) is 43.4 cm³/mol. The molecule has 1 N–H and O–H groups in total. The average molecular weight is 162 g/mol. The zero-order valence-corrected chi connectivity index (χ0v) is 7.38. The lowest BCUT2D eigenvalue weighted by molar-refractivity contribution is -0.148. The van der Waals surface area contributed by atoms with Gasteiger partial charge in [0.05, 0.1) is 13.2 Å². The Morgan fingerprint density at radius 2 is 1.82 bits per heavy atom. The van der Waals surface area contributed by atoms with Crippen LogP contribution in [0.15, 0.2) is 0 Å². The van der Waals surface area contributed by atoms with Gasteiger partial charge in [-0.15, -0.1) is 0 Å². The molecule has 11 heavy (non-hydrogen) atoms. The van der Waals surface area contributed by atoms with Crippen LogP contribution >= 0.6 is 0 Å². The minimum Gasteiger partial charge on any atom is -0.394 e. The molecular weight excluding hydrogens is 144 g/mol. The third-order valence-corrected chi connectivity index (χ3v) is 1.24. The minimum atomic E-state index is -0.137. The van der Waals surface area contributed by atoms with E-state index in [0.29, 0.717) is 6.61 Å². The van der Waals surface area contributed by atoms with Gasteiger partial charge in [-0.25, -0.2) is 0 Å². The lowest BCUT2D eigenvalue weighted by atomic mass is 10.4. The second-order valence-electron chi connectivity index (χ2n) is 2.30. The number of hydrogen-bond acceptors (Lipinski definition) is 3. The van der Waals surface area contributed by atoms with Crippen LogP contribution in [0.5, 0.6) is 0 Å². The van der Waals surface area contributed by atoms with Gasteiger partial charge in [0.25, 0.3) is 0 Å². The molecule has 0 aromatic carbocycles. The normalized spacial score (nSPS) is 13.4. The molecule has 0 aliphatic rings. The summed E-state index contributed by atoms with van der Waals surface area (Å²) in [4.78, 5) is 0. The van der Waals surface area contributed by atoms with Crippen LogP contribution < -0.4 is 0 Å². The van der Waals surface area contributed by atoms with Crippen LogP contribution in [0.25, 0.3) is 0 Å². The number of aliphatic hydroxyl groups excluding tert-OH is 1. The van der Waals surface area contributed by atoms with E-state index in [1.165, 1.54) is 0 Å². The third kappa shape index (κ3) is 6.28. The quantitative estimate of drug-likeness (QED) is 0.571. The summed E-state index contributed by atoms with van der Waals surface area (Å²) in [7, 11) is 0. The van der Waals surface area contributed by atoms with Crippen molar-refractivity contribution in [2.45, 2.75) is 33.0 Å². The monoisotopic (exact) mass is 162 g/mol. The first kappa shape index (κ1) is 10.9. The Balaban J connectivity index is 3.25. The van der Waals surface area contributed by atoms with Gasteiger partial charge in [0.15, 0.2) is 6.29 Å². The topological polar surface area (TPSA) is 38.7 Å². The van der Waals surface area contributed by atoms with E-state index in [1.807, 2.05) is 6.92 Å². The summed E-state index contributed by atoms with van der Waals surface area (Å²) in [5, 5.41) is 8.46. The molecule has 0 saturated carbocycles. The minimum absolute atomic E-state index is 0.0615. The highest BCUT2D eigenvalue weighted by Crippen LogP contribution is 2.00. The number of hydrogen-bond donors (Lipinski definition) is 1. The Morgan fingerprint density at radius 1 is 1.18 bits per heavy atom. The van der Waals surface area contributed by atoms with E-state index in [4.69, 9.17) is 14.6 Å². The van der Waals surface area contributed by atoms with Gasteiger partial charge in [0.1, 0.15) is 0 Å². The molecule has 0 fully saturated rings. The zero-order valence-electron chi connectivity index (χ0n) is 7.38. The molecule has 0 aromatic heterocycles. The molecule has 0 spiro atoms. The van der Waals surface area contributed by atoms with Crippen LogP contribution in [-0.2, 0) is 9.47 Å². The van der Waals surface area contributed by atoms with Gasteiger partial charge in [-0.3, -0.25) is 0 Å². The van der Waals surface area contributed by atoms with E-state index in [9.17, 15) is 0 Å². The molecule has 0 amide bonds. The summed E-state index contributed by atoms with van der Waals surface area (Å²) in [6, 6.07) is 0. The molecular formula is C8H18O3. The van der Waals surface area contributed by atoms with E-state index in [2.05, 4.69) is 6.92 Å². The van der Waals surface area contributed by atoms with Gasteiger partial charge < -0.3 is 14.6 Å². The largest absolute Gasteiger partial charge is 0.394 e. The molecule has 0 aromatic rings. The molecule has 0 radical (unpaired) electrons. The molecule has 0 aliphatic carbocycles. The van der Waals surface area contributed by atoms with E-state index >= 15 is 0 Å². The summed E-state index contributed by atoms with van der Waals surface area (Å²) in [6.07, 6.45) is 1.70. The van der Waals surface area contributed by atoms with E-state index in [1.54, 1.807) is 0 Å². The van der Waals surface area contributed by atoms with Crippen molar-refractivity contribution in [1.82, 2.24) is 0 Å². The zero-order chi connectivity index (χ0) is 8.53. The first-order valence-electron chi connectivity index (χ1n) is 4.19. The highest BCUT2D eigenvalue weighted by atomic mass is 16.7. The fourth-order valence-corrected chi connectivity index (χ4v) is 0.717. The van der Waals surface area contributed by atoms with Gasteiger partial charge in [0.2, 0.25) is 0 Å². The molecule has 1 atom stereocenters. The number of aliphatic hydroxyl groups is 1. The lowest BCUT2D eigenvalue weighted by Gasteiger charge is -2.15. The van der Waals surface area contributed by atoms with Crippen molar-refractivity contribution in [3.8, 4) is 0 Å². The lowest BCUT2D eigenvalue weighted by Crippen LogP contribution is -2.18. The van der Waals surface area contributed by atoms with E-state index < -0.39 is 0 Å². The van der Waals surface area contributed by atoms with Crippen molar-refractivity contribution < 1.29 is 14.6 Å². The van der Waals surface area contributed by atoms with Gasteiger partial charge >= 0.3 is 0 Å². The summed E-state index contributed by atoms with van der Waals surface area (Å²) >= 11 is 0. The molecule has 0 aliphatic heterocycles. The summed E-state index contributed by atoms with van der Waals surface area (Å²) in [6.45, 7) is 5.20. The summed E-state index contributed by atoms with van der Waals surface area (Å²) in [5.74, 6) is 0. The van der Waals surface area contributed by atoms with Crippen LogP contribution in [0.2, 0.25) is 0 Å². The fraction of sp³-hybridized carbons (Fsp3) is 1.00. The van der Waals surface area contributed by atoms with Crippen LogP contribution in [-0.4, -0.2) is 31.2 Å². The van der Waals surface area contributed by atoms with Crippen molar-refractivity contribution in [2.24, 2.45) is 0 Å². The molecule has 0 saturated heterocycles. The van der Waals surface area contributed by atoms with Crippen molar-refractivity contribution >= 4 is 0 Å². The molecule has 0 heterocycles. The van der Waals surface area contributed by atoms with Crippen molar-refractivity contribution in [3.63, 3.8) is 0 Å². The van der Waals surface area contributed by atoms with Gasteiger partial charge in [-0.1, -0.05) is 13.8 Å². The highest BCUT2D eigenvalue weighted by molar-refractivity contribution is 4.39. The van der Waals surface area contributed by atoms with Gasteiger partial charge in [0, 0.05) is 6.61 Å². The Hall–Kier alpha value is -0.120. The Morgan fingerprint density at radius 3 is 2.27 bits per heavy atom. The Kier molecular flexibility index (Phi) is 7.89. The SMILES string of the molecule is CCCOC(CC)OCCO. The Labute approximate surface area is 68.3 Å². The van der Waals surface area contributed by atoms with Crippen LogP contribution in [0.4, 0.5) is 0 Å². The first-order chi connectivity index (χ1) is 5.35. The maximum Gasteiger partial charge on any atom is 0.157 e. The predicted octanol–water partition coefficient (Wildman–Crippen LogP) is 1.16. The highest BCUT2D eigenvalue weighted by Gasteiger charge is 2.03. The van der Waals surface area contributed by atoms with Gasteiger partial charge in [-0.2, -0.15) is 0 Å². The maximum atomic E-state index is 8.46. The van der Waals surface area contributed by atoms with Crippen molar-refractivity contribution in [3.05, 3.63) is 0 Å². The molecule has 0 rings (SSSR count). The standard InChI is InChI=1S/C8H18O3/c1-3-6-10-8(4-2)11-7-5-9/h8-9H,3-7H2,1-2H3. The third-order valence-electron chi connectivity index (χ3n) is 1.24. The molecule has 1 unspecified atom stereocenters. The molecule has 68 valence electrons. The van der Waals surface area contributed by atoms with Crippen LogP contribution in [0.3, 0.4) is 0 Å². The van der Waals surface area contributed by atoms with E-state index in [0.717, 1.165) is 19.4 Å². The summed E-state index contributed by atoms with van der Waals surface area (Å²) < 4.78 is 10.5. The average Bonchev–Trinajstić information content (AvgIpc) is 2.05. The number of rotatable bonds is 7. The van der Waals surface area contributed by atoms with Crippen molar-refractivity contribution in [1.29, 1.82) is 0 Å². The smallest absolute Gasteiger partial charge is 0.157 e. The van der Waals surface area contributed by atoms with Crippen molar-refractivity contribution in [2.75, 3.05) is 19.8 Å². The summed E-state index contributed by atoms with van der Waals surface area (Å²) in [5.41, 5.74) is 0. The van der Waals surface area contributed by atoms with Gasteiger partial charge in [-0.05, 0) is 12.8 Å². The molecule has 3 heteroatoms. The second-order valence-corrected chi connectivity index (χ2v) is 2.30. The van der Waals surface area contributed by atoms with E-state index in [-0.39, 0.29) is 12.9 Å². The second kappa shape index (κ2) is 7.98. The molecule has 3 nitrogen and oxygen atoms in total. The van der Waals surface area contributed by atoms with Crippen LogP contribution in [0, 0.1) is 0 Å².